The smallest absolute Gasteiger partial charge is 0.119 e. The maximum atomic E-state index is 8.57. The Morgan fingerprint density at radius 3 is 2.56 bits per heavy atom. The summed E-state index contributed by atoms with van der Waals surface area (Å²) in [4.78, 5) is 0. The summed E-state index contributed by atoms with van der Waals surface area (Å²) in [5.74, 6) is 0.890. The van der Waals surface area contributed by atoms with Gasteiger partial charge in [-0.15, -0.1) is 0 Å². The van der Waals surface area contributed by atoms with Crippen LogP contribution in [-0.4, -0.2) is 13.7 Å². The molecule has 0 aromatic heterocycles. The van der Waals surface area contributed by atoms with Gasteiger partial charge in [0.25, 0.3) is 0 Å². The van der Waals surface area contributed by atoms with Crippen LogP contribution in [0.2, 0.25) is 0 Å². The lowest BCUT2D eigenvalue weighted by Crippen LogP contribution is -2.15. The molecule has 0 saturated heterocycles. The van der Waals surface area contributed by atoms with E-state index in [1.165, 1.54) is 5.56 Å². The van der Waals surface area contributed by atoms with E-state index >= 15 is 0 Å². The van der Waals surface area contributed by atoms with Gasteiger partial charge in [0.1, 0.15) is 5.75 Å². The molecule has 1 aromatic rings. The highest BCUT2D eigenvalue weighted by Gasteiger charge is 2.08. The van der Waals surface area contributed by atoms with Crippen molar-refractivity contribution in [1.29, 1.82) is 5.26 Å². The molecule has 0 heterocycles. The summed E-state index contributed by atoms with van der Waals surface area (Å²) in [6.07, 6.45) is 1.40. The van der Waals surface area contributed by atoms with Crippen molar-refractivity contribution in [3.05, 3.63) is 29.8 Å². The lowest BCUT2D eigenvalue weighted by atomic mass is 10.0. The monoisotopic (exact) mass is 218 g/mol. The number of hydrogen-bond acceptors (Lipinski definition) is 3. The topological polar surface area (TPSA) is 45.0 Å². The molecule has 1 N–H and O–H groups in total. The van der Waals surface area contributed by atoms with Gasteiger partial charge in [-0.3, -0.25) is 0 Å². The molecule has 0 aliphatic heterocycles. The first-order chi connectivity index (χ1) is 7.81. The molecule has 86 valence electrons. The highest BCUT2D eigenvalue weighted by atomic mass is 16.5. The van der Waals surface area contributed by atoms with Crippen LogP contribution in [0, 0.1) is 11.3 Å². The SMILES string of the molecule is CCOc1ccc(C(CCC#N)NC)cc1. The Hall–Kier alpha value is -1.53. The molecule has 3 heteroatoms. The quantitative estimate of drug-likeness (QED) is 0.798. The van der Waals surface area contributed by atoms with Gasteiger partial charge in [-0.2, -0.15) is 5.26 Å². The fourth-order valence-electron chi connectivity index (χ4n) is 1.65. The molecule has 0 aliphatic rings. The van der Waals surface area contributed by atoms with Gasteiger partial charge >= 0.3 is 0 Å². The molecule has 3 nitrogen and oxygen atoms in total. The molecule has 0 amide bonds. The first-order valence-electron chi connectivity index (χ1n) is 5.58. The van der Waals surface area contributed by atoms with Gasteiger partial charge in [0.15, 0.2) is 0 Å². The van der Waals surface area contributed by atoms with E-state index in [0.717, 1.165) is 12.2 Å². The second-order valence-corrected chi connectivity index (χ2v) is 3.54. The predicted molar refractivity (Wildman–Crippen MR) is 64.3 cm³/mol. The number of rotatable bonds is 6. The first-order valence-corrected chi connectivity index (χ1v) is 5.58. The van der Waals surface area contributed by atoms with Gasteiger partial charge in [0.2, 0.25) is 0 Å². The maximum absolute atomic E-state index is 8.57. The van der Waals surface area contributed by atoms with Gasteiger partial charge in [-0.1, -0.05) is 12.1 Å². The van der Waals surface area contributed by atoms with Crippen LogP contribution in [0.15, 0.2) is 24.3 Å². The van der Waals surface area contributed by atoms with Crippen molar-refractivity contribution in [1.82, 2.24) is 5.32 Å². The standard InChI is InChI=1S/C13H18N2O/c1-3-16-12-8-6-11(7-9-12)13(15-2)5-4-10-14/h6-9,13,15H,3-5H2,1-2H3. The molecule has 1 unspecified atom stereocenters. The third-order valence-electron chi connectivity index (χ3n) is 2.49. The number of nitriles is 1. The Morgan fingerprint density at radius 1 is 1.38 bits per heavy atom. The lowest BCUT2D eigenvalue weighted by Gasteiger charge is -2.15. The first kappa shape index (κ1) is 12.5. The van der Waals surface area contributed by atoms with E-state index in [-0.39, 0.29) is 6.04 Å². The number of hydrogen-bond donors (Lipinski definition) is 1. The van der Waals surface area contributed by atoms with Crippen LogP contribution in [0.25, 0.3) is 0 Å². The highest BCUT2D eigenvalue weighted by molar-refractivity contribution is 5.29. The third-order valence-corrected chi connectivity index (χ3v) is 2.49. The summed E-state index contributed by atoms with van der Waals surface area (Å²) in [6.45, 7) is 2.65. The summed E-state index contributed by atoms with van der Waals surface area (Å²) in [5.41, 5.74) is 1.20. The molecular formula is C13H18N2O. The predicted octanol–water partition coefficient (Wildman–Crippen LogP) is 2.65. The second-order valence-electron chi connectivity index (χ2n) is 3.54. The van der Waals surface area contributed by atoms with Crippen LogP contribution in [0.1, 0.15) is 31.4 Å². The van der Waals surface area contributed by atoms with Crippen molar-refractivity contribution in [3.8, 4) is 11.8 Å². The van der Waals surface area contributed by atoms with Gasteiger partial charge in [0.05, 0.1) is 12.7 Å². The van der Waals surface area contributed by atoms with Crippen LogP contribution < -0.4 is 10.1 Å². The van der Waals surface area contributed by atoms with Gasteiger partial charge in [0, 0.05) is 12.5 Å². The van der Waals surface area contributed by atoms with Gasteiger partial charge in [-0.05, 0) is 38.1 Å². The minimum absolute atomic E-state index is 0.246. The number of nitrogens with one attached hydrogen (secondary N) is 1. The molecule has 1 atom stereocenters. The van der Waals surface area contributed by atoms with Gasteiger partial charge < -0.3 is 10.1 Å². The van der Waals surface area contributed by atoms with E-state index in [0.29, 0.717) is 13.0 Å². The van der Waals surface area contributed by atoms with Crippen LogP contribution in [0.4, 0.5) is 0 Å². The van der Waals surface area contributed by atoms with E-state index in [4.69, 9.17) is 10.00 Å². The summed E-state index contributed by atoms with van der Waals surface area (Å²) in [6, 6.07) is 10.4. The van der Waals surface area contributed by atoms with Crippen molar-refractivity contribution < 1.29 is 4.74 Å². The van der Waals surface area contributed by atoms with Crippen LogP contribution in [0.5, 0.6) is 5.75 Å². The Balaban J connectivity index is 2.67. The lowest BCUT2D eigenvalue weighted by molar-refractivity contribution is 0.340. The number of ether oxygens (including phenoxy) is 1. The average Bonchev–Trinajstić information content (AvgIpc) is 2.32. The Bertz CT molecular complexity index is 340. The second kappa shape index (κ2) is 6.86. The van der Waals surface area contributed by atoms with Crippen molar-refractivity contribution in [3.63, 3.8) is 0 Å². The van der Waals surface area contributed by atoms with Gasteiger partial charge in [-0.25, -0.2) is 0 Å². The summed E-state index contributed by atoms with van der Waals surface area (Å²) < 4.78 is 5.38. The van der Waals surface area contributed by atoms with E-state index in [9.17, 15) is 0 Å². The minimum Gasteiger partial charge on any atom is -0.494 e. The highest BCUT2D eigenvalue weighted by Crippen LogP contribution is 2.20. The van der Waals surface area contributed by atoms with Crippen molar-refractivity contribution in [2.75, 3.05) is 13.7 Å². The van der Waals surface area contributed by atoms with Crippen LogP contribution in [0.3, 0.4) is 0 Å². The Labute approximate surface area is 97.0 Å². The van der Waals surface area contributed by atoms with E-state index < -0.39 is 0 Å². The fourth-order valence-corrected chi connectivity index (χ4v) is 1.65. The summed E-state index contributed by atoms with van der Waals surface area (Å²) in [5, 5.41) is 11.8. The zero-order chi connectivity index (χ0) is 11.8. The summed E-state index contributed by atoms with van der Waals surface area (Å²) >= 11 is 0. The Morgan fingerprint density at radius 2 is 2.06 bits per heavy atom. The molecule has 0 fully saturated rings. The third kappa shape index (κ3) is 3.56. The van der Waals surface area contributed by atoms with E-state index in [1.807, 2.05) is 38.2 Å². The van der Waals surface area contributed by atoms with Crippen molar-refractivity contribution >= 4 is 0 Å². The molecule has 16 heavy (non-hydrogen) atoms. The summed E-state index contributed by atoms with van der Waals surface area (Å²) in [7, 11) is 1.92. The largest absolute Gasteiger partial charge is 0.494 e. The van der Waals surface area contributed by atoms with Crippen LogP contribution >= 0.6 is 0 Å². The number of benzene rings is 1. The molecule has 1 rings (SSSR count). The fraction of sp³-hybridized carbons (Fsp3) is 0.462. The number of nitrogens with zero attached hydrogens (tertiary/aromatic N) is 1. The molecule has 0 bridgehead atoms. The van der Waals surface area contributed by atoms with Crippen molar-refractivity contribution in [2.24, 2.45) is 0 Å². The normalized spacial score (nSPS) is 11.8. The molecular weight excluding hydrogens is 200 g/mol. The Kier molecular flexibility index (Phi) is 5.38. The minimum atomic E-state index is 0.246. The van der Waals surface area contributed by atoms with Crippen molar-refractivity contribution in [2.45, 2.75) is 25.8 Å². The average molecular weight is 218 g/mol. The zero-order valence-corrected chi connectivity index (χ0v) is 9.86. The molecule has 0 radical (unpaired) electrons. The molecule has 0 aliphatic carbocycles. The maximum Gasteiger partial charge on any atom is 0.119 e. The molecule has 0 spiro atoms. The molecule has 0 saturated carbocycles. The zero-order valence-electron chi connectivity index (χ0n) is 9.86. The molecule has 1 aromatic carbocycles. The van der Waals surface area contributed by atoms with E-state index in [2.05, 4.69) is 11.4 Å². The van der Waals surface area contributed by atoms with E-state index in [1.54, 1.807) is 0 Å². The van der Waals surface area contributed by atoms with Crippen LogP contribution in [-0.2, 0) is 0 Å².